The molecule has 1 atom stereocenters. The summed E-state index contributed by atoms with van der Waals surface area (Å²) in [6.45, 7) is 3.12. The van der Waals surface area contributed by atoms with Crippen LogP contribution in [0.1, 0.15) is 48.0 Å². The van der Waals surface area contributed by atoms with Gasteiger partial charge in [-0.05, 0) is 43.4 Å². The van der Waals surface area contributed by atoms with Gasteiger partial charge >= 0.3 is 0 Å². The van der Waals surface area contributed by atoms with Crippen molar-refractivity contribution in [1.29, 1.82) is 0 Å². The minimum atomic E-state index is 0. The van der Waals surface area contributed by atoms with E-state index in [1.54, 1.807) is 19.0 Å². The van der Waals surface area contributed by atoms with Gasteiger partial charge in [-0.1, -0.05) is 25.0 Å². The van der Waals surface area contributed by atoms with Gasteiger partial charge in [-0.25, -0.2) is 0 Å². The molecule has 1 aliphatic carbocycles. The maximum Gasteiger partial charge on any atom is 0.253 e. The second-order valence-electron chi connectivity index (χ2n) is 8.21. The van der Waals surface area contributed by atoms with Gasteiger partial charge in [0.15, 0.2) is 5.96 Å². The highest BCUT2D eigenvalue weighted by atomic mass is 127. The largest absolute Gasteiger partial charge is 0.356 e. The van der Waals surface area contributed by atoms with E-state index in [0.29, 0.717) is 6.04 Å². The number of benzene rings is 1. The Morgan fingerprint density at radius 2 is 2.00 bits per heavy atom. The van der Waals surface area contributed by atoms with Crippen LogP contribution in [-0.4, -0.2) is 74.5 Å². The summed E-state index contributed by atoms with van der Waals surface area (Å²) in [7, 11) is 5.39. The van der Waals surface area contributed by atoms with Crippen LogP contribution >= 0.6 is 24.0 Å². The highest BCUT2D eigenvalue weighted by Gasteiger charge is 2.30. The Morgan fingerprint density at radius 3 is 2.69 bits per heavy atom. The standard InChI is InChI=1S/C22H35N5O.HI/c1-23-22(25-19-12-14-27(16-19)20-9-4-5-10-20)24-13-11-17-7-6-8-18(15-17)21(28)26(2)3;/h6-8,15,19-20H,4-5,9-14,16H2,1-3H3,(H2,23,24,25);1H. The van der Waals surface area contributed by atoms with Crippen molar-refractivity contribution in [1.82, 2.24) is 20.4 Å². The molecule has 29 heavy (non-hydrogen) atoms. The number of carbonyl (C=O) groups excluding carboxylic acids is 1. The number of hydrogen-bond donors (Lipinski definition) is 2. The van der Waals surface area contributed by atoms with Crippen molar-refractivity contribution in [2.24, 2.45) is 4.99 Å². The van der Waals surface area contributed by atoms with Crippen LogP contribution < -0.4 is 10.6 Å². The monoisotopic (exact) mass is 513 g/mol. The summed E-state index contributed by atoms with van der Waals surface area (Å²) in [6.07, 6.45) is 7.57. The first-order chi connectivity index (χ1) is 13.6. The van der Waals surface area contributed by atoms with Crippen LogP contribution in [0.15, 0.2) is 29.3 Å². The lowest BCUT2D eigenvalue weighted by Gasteiger charge is -2.24. The summed E-state index contributed by atoms with van der Waals surface area (Å²) in [6, 6.07) is 9.16. The van der Waals surface area contributed by atoms with Crippen molar-refractivity contribution in [2.75, 3.05) is 40.8 Å². The molecule has 1 aromatic carbocycles. The number of guanidine groups is 1. The summed E-state index contributed by atoms with van der Waals surface area (Å²) in [5.41, 5.74) is 1.90. The molecule has 1 aromatic rings. The quantitative estimate of drug-likeness (QED) is 0.349. The first-order valence-corrected chi connectivity index (χ1v) is 10.6. The molecule has 3 rings (SSSR count). The fraction of sp³-hybridized carbons (Fsp3) is 0.636. The van der Waals surface area contributed by atoms with E-state index >= 15 is 0 Å². The average Bonchev–Trinajstić information content (AvgIpc) is 3.38. The number of halogens is 1. The number of hydrogen-bond acceptors (Lipinski definition) is 3. The van der Waals surface area contributed by atoms with Gasteiger partial charge in [-0.2, -0.15) is 0 Å². The van der Waals surface area contributed by atoms with E-state index in [1.807, 2.05) is 25.2 Å². The lowest BCUT2D eigenvalue weighted by molar-refractivity contribution is 0.0827. The number of likely N-dealkylation sites (tertiary alicyclic amines) is 1. The zero-order valence-corrected chi connectivity index (χ0v) is 20.3. The van der Waals surface area contributed by atoms with Gasteiger partial charge in [0.1, 0.15) is 0 Å². The van der Waals surface area contributed by atoms with Crippen LogP contribution in [0, 0.1) is 0 Å². The lowest BCUT2D eigenvalue weighted by Crippen LogP contribution is -2.45. The first-order valence-electron chi connectivity index (χ1n) is 10.6. The molecule has 2 fully saturated rings. The molecular formula is C22H36IN5O. The molecule has 1 aliphatic heterocycles. The van der Waals surface area contributed by atoms with Gasteiger partial charge in [0.05, 0.1) is 0 Å². The smallest absolute Gasteiger partial charge is 0.253 e. The normalized spacial score (nSPS) is 20.4. The zero-order valence-electron chi connectivity index (χ0n) is 18.0. The van der Waals surface area contributed by atoms with Gasteiger partial charge in [-0.3, -0.25) is 14.7 Å². The third-order valence-electron chi connectivity index (χ3n) is 5.91. The predicted molar refractivity (Wildman–Crippen MR) is 130 cm³/mol. The molecule has 0 spiro atoms. The molecule has 1 heterocycles. The molecular weight excluding hydrogens is 477 g/mol. The van der Waals surface area contributed by atoms with E-state index in [9.17, 15) is 4.79 Å². The Labute approximate surface area is 192 Å². The minimum Gasteiger partial charge on any atom is -0.356 e. The SMILES string of the molecule is CN=C(NCCc1cccc(C(=O)N(C)C)c1)NC1CCN(C2CCCC2)C1.I. The topological polar surface area (TPSA) is 60.0 Å². The van der Waals surface area contributed by atoms with Crippen LogP contribution in [0.4, 0.5) is 0 Å². The maximum atomic E-state index is 12.1. The molecule has 1 saturated heterocycles. The van der Waals surface area contributed by atoms with Crippen molar-refractivity contribution in [3.63, 3.8) is 0 Å². The Morgan fingerprint density at radius 1 is 1.24 bits per heavy atom. The number of nitrogens with zero attached hydrogens (tertiary/aromatic N) is 3. The second-order valence-corrected chi connectivity index (χ2v) is 8.21. The van der Waals surface area contributed by atoms with E-state index in [1.165, 1.54) is 38.6 Å². The summed E-state index contributed by atoms with van der Waals surface area (Å²) < 4.78 is 0. The van der Waals surface area contributed by atoms with Gasteiger partial charge in [-0.15, -0.1) is 24.0 Å². The summed E-state index contributed by atoms with van der Waals surface area (Å²) >= 11 is 0. The Bertz CT molecular complexity index is 688. The Kier molecular flexibility index (Phi) is 9.68. The fourth-order valence-electron chi connectivity index (χ4n) is 4.34. The van der Waals surface area contributed by atoms with Crippen LogP contribution in [0.2, 0.25) is 0 Å². The van der Waals surface area contributed by atoms with Crippen molar-refractivity contribution in [3.05, 3.63) is 35.4 Å². The highest BCUT2D eigenvalue weighted by molar-refractivity contribution is 14.0. The van der Waals surface area contributed by atoms with Crippen LogP contribution in [0.25, 0.3) is 0 Å². The summed E-state index contributed by atoms with van der Waals surface area (Å²) in [5, 5.41) is 7.01. The number of amides is 1. The molecule has 2 N–H and O–H groups in total. The molecule has 0 bridgehead atoms. The van der Waals surface area contributed by atoms with E-state index < -0.39 is 0 Å². The number of rotatable bonds is 6. The zero-order chi connectivity index (χ0) is 19.9. The Balaban J connectivity index is 0.00000300. The highest BCUT2D eigenvalue weighted by Crippen LogP contribution is 2.26. The predicted octanol–water partition coefficient (Wildman–Crippen LogP) is 2.73. The minimum absolute atomic E-state index is 0. The third kappa shape index (κ3) is 6.84. The number of aliphatic imine (C=N–C) groups is 1. The maximum absolute atomic E-state index is 12.1. The van der Waals surface area contributed by atoms with E-state index in [2.05, 4.69) is 26.6 Å². The fourth-order valence-corrected chi connectivity index (χ4v) is 4.34. The van der Waals surface area contributed by atoms with Gasteiger partial charge in [0.2, 0.25) is 0 Å². The average molecular weight is 513 g/mol. The van der Waals surface area contributed by atoms with Gasteiger partial charge < -0.3 is 15.5 Å². The number of carbonyl (C=O) groups is 1. The Hall–Kier alpha value is -1.35. The van der Waals surface area contributed by atoms with Crippen molar-refractivity contribution in [3.8, 4) is 0 Å². The van der Waals surface area contributed by atoms with E-state index in [4.69, 9.17) is 0 Å². The lowest BCUT2D eigenvalue weighted by atomic mass is 10.1. The summed E-state index contributed by atoms with van der Waals surface area (Å²) in [4.78, 5) is 20.8. The molecule has 1 saturated carbocycles. The molecule has 1 unspecified atom stereocenters. The summed E-state index contributed by atoms with van der Waals surface area (Å²) in [5.74, 6) is 0.916. The molecule has 6 nitrogen and oxygen atoms in total. The van der Waals surface area contributed by atoms with E-state index in [0.717, 1.165) is 42.6 Å². The molecule has 0 aromatic heterocycles. The number of nitrogens with one attached hydrogen (secondary N) is 2. The molecule has 7 heteroatoms. The van der Waals surface area contributed by atoms with Gasteiger partial charge in [0, 0.05) is 58.4 Å². The van der Waals surface area contributed by atoms with Crippen LogP contribution in [0.5, 0.6) is 0 Å². The third-order valence-corrected chi connectivity index (χ3v) is 5.91. The van der Waals surface area contributed by atoms with Crippen molar-refractivity contribution in [2.45, 2.75) is 50.6 Å². The van der Waals surface area contributed by atoms with E-state index in [-0.39, 0.29) is 29.9 Å². The van der Waals surface area contributed by atoms with Crippen molar-refractivity contribution < 1.29 is 4.79 Å². The first kappa shape index (κ1) is 23.9. The van der Waals surface area contributed by atoms with Crippen LogP contribution in [0.3, 0.4) is 0 Å². The molecule has 1 amide bonds. The van der Waals surface area contributed by atoms with Crippen molar-refractivity contribution >= 4 is 35.8 Å². The molecule has 162 valence electrons. The van der Waals surface area contributed by atoms with Crippen LogP contribution in [-0.2, 0) is 6.42 Å². The van der Waals surface area contributed by atoms with Gasteiger partial charge in [0.25, 0.3) is 5.91 Å². The molecule has 2 aliphatic rings. The molecule has 0 radical (unpaired) electrons. The second kappa shape index (κ2) is 11.7.